The summed E-state index contributed by atoms with van der Waals surface area (Å²) in [5.74, 6) is 0. The van der Waals surface area contributed by atoms with E-state index in [9.17, 15) is 8.42 Å². The molecule has 0 bridgehead atoms. The maximum absolute atomic E-state index is 11.6. The molecule has 27 heavy (non-hydrogen) atoms. The van der Waals surface area contributed by atoms with Crippen LogP contribution in [0.5, 0.6) is 0 Å². The first-order valence-electron chi connectivity index (χ1n) is 9.00. The van der Waals surface area contributed by atoms with Crippen LogP contribution < -0.4 is 5.14 Å². The smallest absolute Gasteiger partial charge is 0.238 e. The topological polar surface area (TPSA) is 73.1 Å². The van der Waals surface area contributed by atoms with E-state index in [1.165, 1.54) is 18.4 Å². The van der Waals surface area contributed by atoms with E-state index in [2.05, 4.69) is 23.2 Å². The second kappa shape index (κ2) is 6.93. The molecule has 1 heterocycles. The van der Waals surface area contributed by atoms with Crippen LogP contribution in [0.25, 0.3) is 11.1 Å². The molecule has 140 valence electrons. The zero-order valence-corrected chi connectivity index (χ0v) is 16.8. The van der Waals surface area contributed by atoms with Crippen molar-refractivity contribution in [1.29, 1.82) is 0 Å². The van der Waals surface area contributed by atoms with Crippen molar-refractivity contribution >= 4 is 32.9 Å². The van der Waals surface area contributed by atoms with Gasteiger partial charge in [-0.15, -0.1) is 11.8 Å². The van der Waals surface area contributed by atoms with Gasteiger partial charge in [0.2, 0.25) is 10.0 Å². The number of primary sulfonamides is 1. The van der Waals surface area contributed by atoms with Crippen molar-refractivity contribution in [2.24, 2.45) is 10.6 Å². The molecule has 1 spiro atoms. The monoisotopic (exact) mass is 398 g/mol. The summed E-state index contributed by atoms with van der Waals surface area (Å²) in [5.41, 5.74) is 4.54. The number of sulfonamides is 1. The van der Waals surface area contributed by atoms with Gasteiger partial charge in [-0.1, -0.05) is 43.2 Å². The van der Waals surface area contributed by atoms with E-state index in [-0.39, 0.29) is 10.3 Å². The number of pyridine rings is 1. The highest BCUT2D eigenvalue weighted by Gasteiger charge is 2.36. The molecular formula is C21H22N2O2S2. The summed E-state index contributed by atoms with van der Waals surface area (Å²) >= 11 is 1.63. The number of benzene rings is 1. The van der Waals surface area contributed by atoms with Crippen LogP contribution in [0.2, 0.25) is 0 Å². The van der Waals surface area contributed by atoms with Crippen LogP contribution >= 0.6 is 11.8 Å². The van der Waals surface area contributed by atoms with Gasteiger partial charge in [0, 0.05) is 17.2 Å². The molecule has 2 N–H and O–H groups in total. The number of rotatable bonds is 4. The number of hydrogen-bond acceptors (Lipinski definition) is 4. The average molecular weight is 399 g/mol. The summed E-state index contributed by atoms with van der Waals surface area (Å²) in [5, 5.41) is 6.23. The fraction of sp³-hybridized carbons (Fsp3) is 0.286. The third kappa shape index (κ3) is 3.61. The lowest BCUT2D eigenvalue weighted by atomic mass is 9.88. The lowest BCUT2D eigenvalue weighted by Gasteiger charge is -2.16. The van der Waals surface area contributed by atoms with Gasteiger partial charge in [-0.05, 0) is 54.0 Å². The largest absolute Gasteiger partial charge is 0.249 e. The molecule has 0 amide bonds. The second-order valence-electron chi connectivity index (χ2n) is 7.21. The van der Waals surface area contributed by atoms with Crippen molar-refractivity contribution in [1.82, 2.24) is 4.98 Å². The molecule has 0 aliphatic heterocycles. The maximum atomic E-state index is 11.6. The SMILES string of the molecule is CSc1ccc(C2=CC3(C=C2c2ccc(S(N)(=O)=O)cc2)CCCC3)cn1. The van der Waals surface area contributed by atoms with Gasteiger partial charge in [-0.3, -0.25) is 0 Å². The van der Waals surface area contributed by atoms with Crippen LogP contribution in [0.15, 0.2) is 64.7 Å². The molecule has 1 aromatic carbocycles. The van der Waals surface area contributed by atoms with Gasteiger partial charge < -0.3 is 0 Å². The highest BCUT2D eigenvalue weighted by atomic mass is 32.2. The van der Waals surface area contributed by atoms with Crippen LogP contribution in [0.3, 0.4) is 0 Å². The van der Waals surface area contributed by atoms with Gasteiger partial charge in [-0.2, -0.15) is 0 Å². The van der Waals surface area contributed by atoms with Crippen molar-refractivity contribution < 1.29 is 8.42 Å². The Morgan fingerprint density at radius 1 is 0.963 bits per heavy atom. The molecule has 1 saturated carbocycles. The summed E-state index contributed by atoms with van der Waals surface area (Å²) in [6, 6.07) is 11.0. The van der Waals surface area contributed by atoms with E-state index >= 15 is 0 Å². The average Bonchev–Trinajstić information content (AvgIpc) is 3.28. The van der Waals surface area contributed by atoms with E-state index < -0.39 is 10.0 Å². The summed E-state index contributed by atoms with van der Waals surface area (Å²) in [6.07, 6.45) is 13.5. The van der Waals surface area contributed by atoms with Gasteiger partial charge in [0.25, 0.3) is 0 Å². The number of aromatic nitrogens is 1. The zero-order valence-electron chi connectivity index (χ0n) is 15.2. The Morgan fingerprint density at radius 2 is 1.56 bits per heavy atom. The van der Waals surface area contributed by atoms with E-state index in [0.29, 0.717) is 0 Å². The summed E-state index contributed by atoms with van der Waals surface area (Å²) in [6.45, 7) is 0. The van der Waals surface area contributed by atoms with Crippen molar-refractivity contribution in [3.8, 4) is 0 Å². The van der Waals surface area contributed by atoms with Crippen molar-refractivity contribution in [3.05, 3.63) is 65.9 Å². The highest BCUT2D eigenvalue weighted by molar-refractivity contribution is 7.98. The molecule has 0 saturated heterocycles. The van der Waals surface area contributed by atoms with Crippen LogP contribution in [0.1, 0.15) is 36.8 Å². The van der Waals surface area contributed by atoms with E-state index in [4.69, 9.17) is 5.14 Å². The van der Waals surface area contributed by atoms with Gasteiger partial charge in [0.1, 0.15) is 0 Å². The molecule has 1 fully saturated rings. The van der Waals surface area contributed by atoms with Crippen LogP contribution in [-0.4, -0.2) is 19.7 Å². The van der Waals surface area contributed by atoms with Crippen molar-refractivity contribution in [3.63, 3.8) is 0 Å². The van der Waals surface area contributed by atoms with Gasteiger partial charge in [0.15, 0.2) is 0 Å². The minimum absolute atomic E-state index is 0.113. The third-order valence-electron chi connectivity index (χ3n) is 5.44. The van der Waals surface area contributed by atoms with Crippen LogP contribution in [0, 0.1) is 5.41 Å². The first-order chi connectivity index (χ1) is 12.9. The molecule has 2 aromatic rings. The van der Waals surface area contributed by atoms with E-state index in [0.717, 1.165) is 34.6 Å². The first kappa shape index (κ1) is 18.5. The Labute approximate surface area is 164 Å². The van der Waals surface area contributed by atoms with Crippen molar-refractivity contribution in [2.45, 2.75) is 35.6 Å². The predicted octanol–water partition coefficient (Wildman–Crippen LogP) is 4.49. The summed E-state index contributed by atoms with van der Waals surface area (Å²) in [7, 11) is -3.69. The normalized spacial score (nSPS) is 18.6. The Balaban J connectivity index is 1.77. The predicted molar refractivity (Wildman–Crippen MR) is 111 cm³/mol. The molecule has 0 unspecified atom stereocenters. The van der Waals surface area contributed by atoms with Gasteiger partial charge >= 0.3 is 0 Å². The zero-order chi connectivity index (χ0) is 19.1. The molecule has 4 nitrogen and oxygen atoms in total. The molecule has 0 atom stereocenters. The molecule has 1 aromatic heterocycles. The van der Waals surface area contributed by atoms with E-state index in [1.54, 1.807) is 23.9 Å². The lowest BCUT2D eigenvalue weighted by Crippen LogP contribution is -2.11. The Bertz CT molecular complexity index is 1010. The molecule has 6 heteroatoms. The molecular weight excluding hydrogens is 376 g/mol. The fourth-order valence-corrected chi connectivity index (χ4v) is 4.93. The Kier molecular flexibility index (Phi) is 4.74. The Morgan fingerprint density at radius 3 is 2.07 bits per heavy atom. The first-order valence-corrected chi connectivity index (χ1v) is 11.8. The fourth-order valence-electron chi connectivity index (χ4n) is 4.06. The summed E-state index contributed by atoms with van der Waals surface area (Å²) < 4.78 is 23.1. The number of allylic oxidation sites excluding steroid dienone is 4. The third-order valence-corrected chi connectivity index (χ3v) is 7.03. The minimum Gasteiger partial charge on any atom is -0.249 e. The number of thioether (sulfide) groups is 1. The number of nitrogens with zero attached hydrogens (tertiary/aromatic N) is 1. The minimum atomic E-state index is -3.69. The molecule has 2 aliphatic carbocycles. The molecule has 4 rings (SSSR count). The van der Waals surface area contributed by atoms with Crippen LogP contribution in [-0.2, 0) is 10.0 Å². The quantitative estimate of drug-likeness (QED) is 0.770. The van der Waals surface area contributed by atoms with E-state index in [1.807, 2.05) is 30.7 Å². The Hall–Kier alpha value is -1.89. The standard InChI is InChI=1S/C21H22N2O2S2/c1-26-20-9-6-16(14-23-20)19-13-21(10-2-3-11-21)12-18(19)15-4-7-17(8-5-15)27(22,24)25/h4-9,12-14H,2-3,10-11H2,1H3,(H2,22,24,25). The molecule has 2 aliphatic rings. The number of hydrogen-bond donors (Lipinski definition) is 1. The highest BCUT2D eigenvalue weighted by Crippen LogP contribution is 2.51. The van der Waals surface area contributed by atoms with Gasteiger partial charge in [0.05, 0.1) is 9.92 Å². The molecule has 0 radical (unpaired) electrons. The van der Waals surface area contributed by atoms with Gasteiger partial charge in [-0.25, -0.2) is 18.5 Å². The number of nitrogens with two attached hydrogens (primary N) is 1. The second-order valence-corrected chi connectivity index (χ2v) is 9.60. The van der Waals surface area contributed by atoms with Crippen LogP contribution in [0.4, 0.5) is 0 Å². The summed E-state index contributed by atoms with van der Waals surface area (Å²) in [4.78, 5) is 4.67. The van der Waals surface area contributed by atoms with Crippen molar-refractivity contribution in [2.75, 3.05) is 6.26 Å². The maximum Gasteiger partial charge on any atom is 0.238 e. The lowest BCUT2D eigenvalue weighted by molar-refractivity contribution is 0.523.